The van der Waals surface area contributed by atoms with Crippen molar-refractivity contribution < 1.29 is 9.53 Å². The first kappa shape index (κ1) is 9.46. The number of carbonyl (C=O) groups is 1. The minimum atomic E-state index is 0.233. The van der Waals surface area contributed by atoms with Crippen molar-refractivity contribution in [1.29, 1.82) is 0 Å². The largest absolute Gasteiger partial charge is 0.497 e. The first-order chi connectivity index (χ1) is 7.79. The van der Waals surface area contributed by atoms with E-state index >= 15 is 0 Å². The molecule has 3 heteroatoms. The molecule has 2 aromatic rings. The van der Waals surface area contributed by atoms with Crippen LogP contribution >= 0.6 is 0 Å². The average Bonchev–Trinajstić information content (AvgIpc) is 2.68. The second-order valence-electron chi connectivity index (χ2n) is 4.17. The maximum absolute atomic E-state index is 11.7. The Balaban J connectivity index is 2.29. The fourth-order valence-electron chi connectivity index (χ4n) is 2.40. The number of benzene rings is 1. The SMILES string of the molecule is COc1ccc2[nH]c3c(c2c1)CCCC3=O. The van der Waals surface area contributed by atoms with Crippen LogP contribution < -0.4 is 4.74 Å². The predicted molar refractivity (Wildman–Crippen MR) is 62.1 cm³/mol. The van der Waals surface area contributed by atoms with Crippen LogP contribution in [0.1, 0.15) is 28.9 Å². The molecule has 82 valence electrons. The zero-order valence-corrected chi connectivity index (χ0v) is 9.17. The van der Waals surface area contributed by atoms with Gasteiger partial charge in [0.15, 0.2) is 5.78 Å². The van der Waals surface area contributed by atoms with Crippen LogP contribution in [0.4, 0.5) is 0 Å². The molecule has 3 nitrogen and oxygen atoms in total. The van der Waals surface area contributed by atoms with Crippen molar-refractivity contribution in [2.45, 2.75) is 19.3 Å². The molecule has 0 atom stereocenters. The molecule has 0 aliphatic heterocycles. The van der Waals surface area contributed by atoms with Gasteiger partial charge in [0.2, 0.25) is 0 Å². The van der Waals surface area contributed by atoms with E-state index in [1.807, 2.05) is 18.2 Å². The van der Waals surface area contributed by atoms with Crippen molar-refractivity contribution in [1.82, 2.24) is 4.98 Å². The van der Waals surface area contributed by atoms with Crippen LogP contribution in [0.15, 0.2) is 18.2 Å². The monoisotopic (exact) mass is 215 g/mol. The minimum absolute atomic E-state index is 0.233. The van der Waals surface area contributed by atoms with Crippen LogP contribution in [-0.4, -0.2) is 17.9 Å². The summed E-state index contributed by atoms with van der Waals surface area (Å²) >= 11 is 0. The van der Waals surface area contributed by atoms with Gasteiger partial charge >= 0.3 is 0 Å². The molecule has 1 aromatic carbocycles. The van der Waals surface area contributed by atoms with E-state index in [1.165, 1.54) is 0 Å². The Morgan fingerprint density at radius 3 is 3.00 bits per heavy atom. The predicted octanol–water partition coefficient (Wildman–Crippen LogP) is 2.70. The number of aromatic amines is 1. The van der Waals surface area contributed by atoms with Gasteiger partial charge in [0.05, 0.1) is 12.8 Å². The van der Waals surface area contributed by atoms with E-state index in [4.69, 9.17) is 4.74 Å². The smallest absolute Gasteiger partial charge is 0.179 e. The van der Waals surface area contributed by atoms with E-state index in [0.29, 0.717) is 6.42 Å². The molecule has 1 N–H and O–H groups in total. The lowest BCUT2D eigenvalue weighted by Crippen LogP contribution is -2.09. The second kappa shape index (κ2) is 3.37. The van der Waals surface area contributed by atoms with E-state index in [-0.39, 0.29) is 5.78 Å². The van der Waals surface area contributed by atoms with Gasteiger partial charge in [-0.1, -0.05) is 0 Å². The quantitative estimate of drug-likeness (QED) is 0.794. The first-order valence-electron chi connectivity index (χ1n) is 5.51. The molecule has 1 heterocycles. The molecule has 0 saturated carbocycles. The van der Waals surface area contributed by atoms with Crippen molar-refractivity contribution in [3.05, 3.63) is 29.5 Å². The molecule has 1 aliphatic carbocycles. The summed E-state index contributed by atoms with van der Waals surface area (Å²) in [6.45, 7) is 0. The zero-order chi connectivity index (χ0) is 11.1. The van der Waals surface area contributed by atoms with Crippen LogP contribution in [-0.2, 0) is 6.42 Å². The Morgan fingerprint density at radius 2 is 2.19 bits per heavy atom. The molecule has 0 bridgehead atoms. The van der Waals surface area contributed by atoms with Crippen molar-refractivity contribution in [2.24, 2.45) is 0 Å². The van der Waals surface area contributed by atoms with Gasteiger partial charge in [-0.3, -0.25) is 4.79 Å². The Labute approximate surface area is 93.4 Å². The average molecular weight is 215 g/mol. The van der Waals surface area contributed by atoms with Gasteiger partial charge in [-0.2, -0.15) is 0 Å². The normalized spacial score (nSPS) is 15.2. The first-order valence-corrected chi connectivity index (χ1v) is 5.51. The molecule has 0 spiro atoms. The second-order valence-corrected chi connectivity index (χ2v) is 4.17. The molecular weight excluding hydrogens is 202 g/mol. The summed E-state index contributed by atoms with van der Waals surface area (Å²) in [6, 6.07) is 5.89. The number of hydrogen-bond donors (Lipinski definition) is 1. The minimum Gasteiger partial charge on any atom is -0.497 e. The number of methoxy groups -OCH3 is 1. The standard InChI is InChI=1S/C13H13NO2/c1-16-8-5-6-11-10(7-8)9-3-2-4-12(15)13(9)14-11/h5-7,14H,2-4H2,1H3. The number of nitrogens with one attached hydrogen (secondary N) is 1. The molecule has 3 rings (SSSR count). The summed E-state index contributed by atoms with van der Waals surface area (Å²) in [4.78, 5) is 15.0. The number of aryl methyl sites for hydroxylation is 1. The highest BCUT2D eigenvalue weighted by atomic mass is 16.5. The summed E-state index contributed by atoms with van der Waals surface area (Å²) < 4.78 is 5.21. The molecule has 0 radical (unpaired) electrons. The third-order valence-electron chi connectivity index (χ3n) is 3.22. The molecule has 0 amide bonds. The number of H-pyrrole nitrogens is 1. The highest BCUT2D eigenvalue weighted by Crippen LogP contribution is 2.31. The third kappa shape index (κ3) is 1.24. The lowest BCUT2D eigenvalue weighted by atomic mass is 9.95. The van der Waals surface area contributed by atoms with E-state index in [1.54, 1.807) is 7.11 Å². The highest BCUT2D eigenvalue weighted by Gasteiger charge is 2.21. The number of carbonyl (C=O) groups excluding carboxylic acids is 1. The number of rotatable bonds is 1. The molecule has 1 aromatic heterocycles. The van der Waals surface area contributed by atoms with E-state index in [9.17, 15) is 4.79 Å². The molecule has 1 aliphatic rings. The molecule has 0 unspecified atom stereocenters. The van der Waals surface area contributed by atoms with Gasteiger partial charge in [0, 0.05) is 17.3 Å². The van der Waals surface area contributed by atoms with Crippen molar-refractivity contribution >= 4 is 16.7 Å². The zero-order valence-electron chi connectivity index (χ0n) is 9.17. The van der Waals surface area contributed by atoms with Gasteiger partial charge in [-0.15, -0.1) is 0 Å². The number of aromatic nitrogens is 1. The summed E-state index contributed by atoms with van der Waals surface area (Å²) in [5, 5.41) is 1.13. The van der Waals surface area contributed by atoms with E-state index < -0.39 is 0 Å². The summed E-state index contributed by atoms with van der Waals surface area (Å²) in [6.07, 6.45) is 2.60. The van der Waals surface area contributed by atoms with Crippen LogP contribution in [0.2, 0.25) is 0 Å². The maximum Gasteiger partial charge on any atom is 0.179 e. The number of Topliss-reactive ketones (excluding diaryl/α,β-unsaturated/α-hetero) is 1. The maximum atomic E-state index is 11.7. The van der Waals surface area contributed by atoms with Crippen molar-refractivity contribution in [2.75, 3.05) is 7.11 Å². The Bertz CT molecular complexity index is 569. The Morgan fingerprint density at radius 1 is 1.31 bits per heavy atom. The fraction of sp³-hybridized carbons (Fsp3) is 0.308. The molecule has 0 saturated heterocycles. The summed E-state index contributed by atoms with van der Waals surface area (Å²) in [7, 11) is 1.66. The van der Waals surface area contributed by atoms with Crippen LogP contribution in [0.5, 0.6) is 5.75 Å². The van der Waals surface area contributed by atoms with Gasteiger partial charge in [-0.05, 0) is 36.6 Å². The Hall–Kier alpha value is -1.77. The highest BCUT2D eigenvalue weighted by molar-refractivity contribution is 6.03. The van der Waals surface area contributed by atoms with E-state index in [0.717, 1.165) is 40.8 Å². The van der Waals surface area contributed by atoms with Crippen molar-refractivity contribution in [3.63, 3.8) is 0 Å². The van der Waals surface area contributed by atoms with E-state index in [2.05, 4.69) is 4.98 Å². The fourth-order valence-corrected chi connectivity index (χ4v) is 2.40. The van der Waals surface area contributed by atoms with Crippen LogP contribution in [0.25, 0.3) is 10.9 Å². The topological polar surface area (TPSA) is 42.1 Å². The number of ether oxygens (including phenoxy) is 1. The van der Waals surface area contributed by atoms with Gasteiger partial charge in [-0.25, -0.2) is 0 Å². The number of ketones is 1. The van der Waals surface area contributed by atoms with Crippen LogP contribution in [0.3, 0.4) is 0 Å². The molecule has 0 fully saturated rings. The van der Waals surface area contributed by atoms with Gasteiger partial charge in [0.1, 0.15) is 5.75 Å². The van der Waals surface area contributed by atoms with Crippen LogP contribution in [0, 0.1) is 0 Å². The number of fused-ring (bicyclic) bond motifs is 3. The third-order valence-corrected chi connectivity index (χ3v) is 3.22. The van der Waals surface area contributed by atoms with Crippen molar-refractivity contribution in [3.8, 4) is 5.75 Å². The summed E-state index contributed by atoms with van der Waals surface area (Å²) in [5.41, 5.74) is 2.99. The number of hydrogen-bond acceptors (Lipinski definition) is 2. The molecular formula is C13H13NO2. The lowest BCUT2D eigenvalue weighted by molar-refractivity contribution is 0.0968. The van der Waals surface area contributed by atoms with Gasteiger partial charge < -0.3 is 9.72 Å². The van der Waals surface area contributed by atoms with Gasteiger partial charge in [0.25, 0.3) is 0 Å². The lowest BCUT2D eigenvalue weighted by Gasteiger charge is -2.09. The Kier molecular flexibility index (Phi) is 1.99. The summed E-state index contributed by atoms with van der Waals surface area (Å²) in [5.74, 6) is 1.07. The molecule has 16 heavy (non-hydrogen) atoms.